The molecule has 2 N–H and O–H groups in total. The van der Waals surface area contributed by atoms with Gasteiger partial charge in [0.15, 0.2) is 0 Å². The second-order valence-electron chi connectivity index (χ2n) is 2.40. The number of nitrogens with zero attached hydrogens (tertiary/aromatic N) is 1. The van der Waals surface area contributed by atoms with Crippen LogP contribution in [0.15, 0.2) is 5.10 Å². The van der Waals surface area contributed by atoms with Crippen molar-refractivity contribution in [2.75, 3.05) is 6.54 Å². The minimum Gasteiger partial charge on any atom is -0.307 e. The van der Waals surface area contributed by atoms with Crippen LogP contribution in [-0.2, 0) is 0 Å². The Labute approximate surface area is 54.5 Å². The molecule has 3 nitrogen and oxygen atoms in total. The fraction of sp³-hybridized carbons (Fsp3) is 0.667. The summed E-state index contributed by atoms with van der Waals surface area (Å²) in [4.78, 5) is 0. The number of fused-ring (bicyclic) bond motifs is 1. The van der Waals surface area contributed by atoms with Crippen LogP contribution in [0.2, 0.25) is 0 Å². The normalized spacial score (nSPS) is 40.0. The average Bonchev–Trinajstić information content (AvgIpc) is 2.33. The van der Waals surface area contributed by atoms with Gasteiger partial charge in [-0.2, -0.15) is 5.10 Å². The highest BCUT2D eigenvalue weighted by Crippen LogP contribution is 2.15. The smallest absolute Gasteiger partial charge is 0.0700 e. The summed E-state index contributed by atoms with van der Waals surface area (Å²) in [5.41, 5.74) is 3.03. The quantitative estimate of drug-likeness (QED) is 0.459. The van der Waals surface area contributed by atoms with E-state index in [9.17, 15) is 0 Å². The minimum atomic E-state index is 0.402. The van der Waals surface area contributed by atoms with Crippen molar-refractivity contribution in [3.63, 3.8) is 0 Å². The molecule has 2 heterocycles. The molecule has 2 unspecified atom stereocenters. The molecule has 2 aliphatic heterocycles. The molecule has 1 fully saturated rings. The monoisotopic (exact) mass is 123 g/mol. The number of rotatable bonds is 0. The Balaban J connectivity index is 2.03. The zero-order chi connectivity index (χ0) is 6.10. The van der Waals surface area contributed by atoms with Crippen molar-refractivity contribution < 1.29 is 0 Å². The van der Waals surface area contributed by atoms with Gasteiger partial charge in [-0.3, -0.25) is 0 Å². The Morgan fingerprint density at radius 3 is 3.56 bits per heavy atom. The molecule has 0 aromatic carbocycles. The molecule has 2 radical (unpaired) electrons. The molecule has 48 valence electrons. The molecule has 9 heavy (non-hydrogen) atoms. The van der Waals surface area contributed by atoms with Crippen molar-refractivity contribution in [2.24, 2.45) is 11.0 Å². The Kier molecular flexibility index (Phi) is 1.16. The third kappa shape index (κ3) is 0.812. The first-order valence-corrected chi connectivity index (χ1v) is 3.24. The van der Waals surface area contributed by atoms with Gasteiger partial charge in [-0.1, -0.05) is 0 Å². The molecule has 0 bridgehead atoms. The van der Waals surface area contributed by atoms with Crippen LogP contribution in [0.4, 0.5) is 0 Å². The summed E-state index contributed by atoms with van der Waals surface area (Å²) in [6.07, 6.45) is 3.05. The lowest BCUT2D eigenvalue weighted by Gasteiger charge is -2.22. The summed E-state index contributed by atoms with van der Waals surface area (Å²) in [7, 11) is 0. The molecule has 2 atom stereocenters. The standard InChI is InChI=1S/C6H9N3/c1-2-7-3-5-4-8-9-6(1)5/h4-7,9H,1-2H2. The second kappa shape index (κ2) is 1.99. The van der Waals surface area contributed by atoms with Crippen molar-refractivity contribution in [2.45, 2.75) is 12.5 Å². The third-order valence-electron chi connectivity index (χ3n) is 1.76. The summed E-state index contributed by atoms with van der Waals surface area (Å²) in [6, 6.07) is 0.520. The summed E-state index contributed by atoms with van der Waals surface area (Å²) in [6.45, 7) is 4.14. The van der Waals surface area contributed by atoms with E-state index < -0.39 is 0 Å². The van der Waals surface area contributed by atoms with Gasteiger partial charge in [-0.25, -0.2) is 0 Å². The molecule has 1 saturated heterocycles. The Morgan fingerprint density at radius 1 is 1.67 bits per heavy atom. The second-order valence-corrected chi connectivity index (χ2v) is 2.40. The number of nitrogens with one attached hydrogen (secondary N) is 2. The molecule has 0 aromatic heterocycles. The fourth-order valence-electron chi connectivity index (χ4n) is 1.20. The van der Waals surface area contributed by atoms with Crippen LogP contribution in [0.1, 0.15) is 6.42 Å². The molecule has 2 aliphatic rings. The van der Waals surface area contributed by atoms with Crippen LogP contribution >= 0.6 is 0 Å². The molecular weight excluding hydrogens is 114 g/mol. The highest BCUT2D eigenvalue weighted by atomic mass is 15.3. The van der Waals surface area contributed by atoms with E-state index in [2.05, 4.69) is 22.4 Å². The highest BCUT2D eigenvalue weighted by molar-refractivity contribution is 5.65. The van der Waals surface area contributed by atoms with Gasteiger partial charge in [0.05, 0.1) is 12.6 Å². The summed E-state index contributed by atoms with van der Waals surface area (Å²) in [5.74, 6) is 0.402. The van der Waals surface area contributed by atoms with Gasteiger partial charge in [0.25, 0.3) is 0 Å². The summed E-state index contributed by atoms with van der Waals surface area (Å²) < 4.78 is 0. The molecule has 0 aromatic rings. The van der Waals surface area contributed by atoms with Gasteiger partial charge >= 0.3 is 0 Å². The van der Waals surface area contributed by atoms with Crippen molar-refractivity contribution in [1.29, 1.82) is 0 Å². The maximum atomic E-state index is 3.95. The molecule has 0 spiro atoms. The topological polar surface area (TPSA) is 36.4 Å². The summed E-state index contributed by atoms with van der Waals surface area (Å²) in [5, 5.41) is 7.03. The number of hydrogen-bond donors (Lipinski definition) is 2. The van der Waals surface area contributed by atoms with Crippen molar-refractivity contribution in [1.82, 2.24) is 10.7 Å². The van der Waals surface area contributed by atoms with E-state index in [0.29, 0.717) is 12.0 Å². The van der Waals surface area contributed by atoms with Crippen LogP contribution in [0.3, 0.4) is 0 Å². The first-order valence-electron chi connectivity index (χ1n) is 3.24. The van der Waals surface area contributed by atoms with Crippen molar-refractivity contribution in [3.8, 4) is 0 Å². The predicted molar refractivity (Wildman–Crippen MR) is 34.8 cm³/mol. The zero-order valence-corrected chi connectivity index (χ0v) is 5.09. The molecule has 3 heteroatoms. The van der Waals surface area contributed by atoms with Gasteiger partial charge < -0.3 is 10.7 Å². The predicted octanol–water partition coefficient (Wildman–Crippen LogP) is -0.408. The average molecular weight is 123 g/mol. The first-order chi connectivity index (χ1) is 4.47. The van der Waals surface area contributed by atoms with Crippen LogP contribution in [-0.4, -0.2) is 18.8 Å². The number of piperidine rings is 1. The Hall–Kier alpha value is -0.570. The maximum Gasteiger partial charge on any atom is 0.0700 e. The molecule has 0 aliphatic carbocycles. The van der Waals surface area contributed by atoms with Crippen molar-refractivity contribution in [3.05, 3.63) is 6.54 Å². The van der Waals surface area contributed by atoms with Gasteiger partial charge in [-0.15, -0.1) is 0 Å². The van der Waals surface area contributed by atoms with Crippen LogP contribution in [0, 0.1) is 12.5 Å². The SMILES string of the molecule is [C]1NCCC2NN=CC12. The largest absolute Gasteiger partial charge is 0.307 e. The van der Waals surface area contributed by atoms with Crippen LogP contribution in [0.25, 0.3) is 0 Å². The van der Waals surface area contributed by atoms with E-state index in [1.165, 1.54) is 0 Å². The Bertz CT molecular complexity index is 132. The lowest BCUT2D eigenvalue weighted by molar-refractivity contribution is 0.412. The minimum absolute atomic E-state index is 0.402. The molecule has 2 rings (SSSR count). The van der Waals surface area contributed by atoms with Gasteiger partial charge in [0, 0.05) is 12.1 Å². The lowest BCUT2D eigenvalue weighted by Crippen LogP contribution is -2.39. The van der Waals surface area contributed by atoms with Gasteiger partial charge in [-0.05, 0) is 13.0 Å². The first kappa shape index (κ1) is 5.23. The lowest BCUT2D eigenvalue weighted by atomic mass is 9.96. The van der Waals surface area contributed by atoms with Gasteiger partial charge in [0.1, 0.15) is 0 Å². The maximum absolute atomic E-state index is 3.95. The van der Waals surface area contributed by atoms with E-state index in [-0.39, 0.29) is 0 Å². The van der Waals surface area contributed by atoms with E-state index in [1.807, 2.05) is 6.21 Å². The van der Waals surface area contributed by atoms with E-state index in [0.717, 1.165) is 13.0 Å². The van der Waals surface area contributed by atoms with E-state index in [4.69, 9.17) is 0 Å². The number of hydrazone groups is 1. The van der Waals surface area contributed by atoms with E-state index >= 15 is 0 Å². The van der Waals surface area contributed by atoms with Crippen molar-refractivity contribution >= 4 is 6.21 Å². The van der Waals surface area contributed by atoms with E-state index in [1.54, 1.807) is 0 Å². The third-order valence-corrected chi connectivity index (χ3v) is 1.76. The fourth-order valence-corrected chi connectivity index (χ4v) is 1.20. The summed E-state index contributed by atoms with van der Waals surface area (Å²) >= 11 is 0. The van der Waals surface area contributed by atoms with Crippen LogP contribution < -0.4 is 10.7 Å². The molecular formula is C6H9N3. The Morgan fingerprint density at radius 2 is 2.67 bits per heavy atom. The van der Waals surface area contributed by atoms with Crippen LogP contribution in [0.5, 0.6) is 0 Å². The zero-order valence-electron chi connectivity index (χ0n) is 5.09. The highest BCUT2D eigenvalue weighted by Gasteiger charge is 2.26. The number of hydrogen-bond acceptors (Lipinski definition) is 3. The van der Waals surface area contributed by atoms with Gasteiger partial charge in [0.2, 0.25) is 0 Å². The molecule has 0 amide bonds. The molecule has 0 saturated carbocycles.